The van der Waals surface area contributed by atoms with Crippen molar-refractivity contribution in [3.05, 3.63) is 28.8 Å². The standard InChI is InChI=1S/C18H28ClNO2/c1-4-8-20-9-7-17(21)15(12-20)10-14-5-6-18(16(19)11-14)22-13(2)3/h5-6,11,13,15,17,21H,4,7-10,12H2,1-3H3. The van der Waals surface area contributed by atoms with E-state index in [1.54, 1.807) is 0 Å². The highest BCUT2D eigenvalue weighted by atomic mass is 35.5. The predicted octanol–water partition coefficient (Wildman–Crippen LogP) is 3.76. The number of hydrogen-bond donors (Lipinski definition) is 1. The van der Waals surface area contributed by atoms with Crippen LogP contribution in [0.4, 0.5) is 0 Å². The van der Waals surface area contributed by atoms with Crippen molar-refractivity contribution in [2.45, 2.75) is 52.2 Å². The molecular formula is C18H28ClNO2. The molecule has 1 aliphatic heterocycles. The summed E-state index contributed by atoms with van der Waals surface area (Å²) in [5, 5.41) is 10.9. The third kappa shape index (κ3) is 4.87. The summed E-state index contributed by atoms with van der Waals surface area (Å²) in [6.07, 6.45) is 2.80. The summed E-state index contributed by atoms with van der Waals surface area (Å²) in [5.41, 5.74) is 1.17. The normalized spacial score (nSPS) is 23.0. The molecule has 1 heterocycles. The second kappa shape index (κ2) is 8.19. The van der Waals surface area contributed by atoms with Crippen molar-refractivity contribution in [3.63, 3.8) is 0 Å². The van der Waals surface area contributed by atoms with Crippen molar-refractivity contribution in [1.29, 1.82) is 0 Å². The van der Waals surface area contributed by atoms with Crippen LogP contribution in [0, 0.1) is 5.92 Å². The minimum atomic E-state index is -0.210. The largest absolute Gasteiger partial charge is 0.489 e. The quantitative estimate of drug-likeness (QED) is 0.864. The van der Waals surface area contributed by atoms with E-state index in [2.05, 4.69) is 17.9 Å². The van der Waals surface area contributed by atoms with Gasteiger partial charge >= 0.3 is 0 Å². The molecule has 124 valence electrons. The molecule has 1 aromatic carbocycles. The lowest BCUT2D eigenvalue weighted by Gasteiger charge is -2.36. The lowest BCUT2D eigenvalue weighted by atomic mass is 9.88. The second-order valence-corrected chi connectivity index (χ2v) is 6.96. The van der Waals surface area contributed by atoms with Crippen LogP contribution in [0.25, 0.3) is 0 Å². The zero-order chi connectivity index (χ0) is 16.1. The number of aliphatic hydroxyl groups excluding tert-OH is 1. The number of aliphatic hydroxyl groups is 1. The molecule has 1 saturated heterocycles. The highest BCUT2D eigenvalue weighted by Gasteiger charge is 2.27. The van der Waals surface area contributed by atoms with Crippen molar-refractivity contribution in [2.24, 2.45) is 5.92 Å². The number of benzene rings is 1. The Labute approximate surface area is 139 Å². The smallest absolute Gasteiger partial charge is 0.138 e. The van der Waals surface area contributed by atoms with Crippen LogP contribution < -0.4 is 4.74 Å². The molecule has 0 spiro atoms. The van der Waals surface area contributed by atoms with E-state index in [0.717, 1.165) is 44.6 Å². The fourth-order valence-corrected chi connectivity index (χ4v) is 3.39. The molecule has 1 aliphatic rings. The molecule has 3 nitrogen and oxygen atoms in total. The van der Waals surface area contributed by atoms with E-state index < -0.39 is 0 Å². The SMILES string of the molecule is CCCN1CCC(O)C(Cc2ccc(OC(C)C)c(Cl)c2)C1. The molecular weight excluding hydrogens is 298 g/mol. The maximum Gasteiger partial charge on any atom is 0.138 e. The van der Waals surface area contributed by atoms with E-state index in [9.17, 15) is 5.11 Å². The molecule has 0 aromatic heterocycles. The van der Waals surface area contributed by atoms with Gasteiger partial charge in [-0.05, 0) is 57.4 Å². The van der Waals surface area contributed by atoms with Crippen molar-refractivity contribution in [1.82, 2.24) is 4.90 Å². The number of piperidine rings is 1. The molecule has 4 heteroatoms. The van der Waals surface area contributed by atoms with Crippen LogP contribution >= 0.6 is 11.6 Å². The van der Waals surface area contributed by atoms with Gasteiger partial charge < -0.3 is 14.7 Å². The molecule has 2 rings (SSSR count). The van der Waals surface area contributed by atoms with Gasteiger partial charge in [0, 0.05) is 19.0 Å². The van der Waals surface area contributed by atoms with Crippen LogP contribution in [0.3, 0.4) is 0 Å². The Hall–Kier alpha value is -0.770. The molecule has 1 fully saturated rings. The fraction of sp³-hybridized carbons (Fsp3) is 0.667. The molecule has 0 radical (unpaired) electrons. The molecule has 0 aliphatic carbocycles. The van der Waals surface area contributed by atoms with Crippen LogP contribution in [0.15, 0.2) is 18.2 Å². The molecule has 0 saturated carbocycles. The number of ether oxygens (including phenoxy) is 1. The lowest BCUT2D eigenvalue weighted by Crippen LogP contribution is -2.44. The zero-order valence-electron chi connectivity index (χ0n) is 13.9. The van der Waals surface area contributed by atoms with Crippen molar-refractivity contribution < 1.29 is 9.84 Å². The van der Waals surface area contributed by atoms with Gasteiger partial charge in [0.1, 0.15) is 5.75 Å². The molecule has 2 atom stereocenters. The summed E-state index contributed by atoms with van der Waals surface area (Å²) in [4.78, 5) is 2.45. The van der Waals surface area contributed by atoms with E-state index in [0.29, 0.717) is 5.02 Å². The third-order valence-corrected chi connectivity index (χ3v) is 4.47. The summed E-state index contributed by atoms with van der Waals surface area (Å²) in [7, 11) is 0. The molecule has 0 bridgehead atoms. The Morgan fingerprint density at radius 2 is 2.18 bits per heavy atom. The minimum Gasteiger partial charge on any atom is -0.489 e. The van der Waals surface area contributed by atoms with Crippen molar-refractivity contribution >= 4 is 11.6 Å². The highest BCUT2D eigenvalue weighted by molar-refractivity contribution is 6.32. The van der Waals surface area contributed by atoms with Gasteiger partial charge in [-0.15, -0.1) is 0 Å². The van der Waals surface area contributed by atoms with Crippen LogP contribution in [-0.2, 0) is 6.42 Å². The van der Waals surface area contributed by atoms with Crippen LogP contribution in [0.2, 0.25) is 5.02 Å². The first-order chi connectivity index (χ1) is 10.5. The number of rotatable bonds is 6. The summed E-state index contributed by atoms with van der Waals surface area (Å²) in [6, 6.07) is 5.98. The average molecular weight is 326 g/mol. The minimum absolute atomic E-state index is 0.117. The first-order valence-corrected chi connectivity index (χ1v) is 8.73. The van der Waals surface area contributed by atoms with E-state index in [-0.39, 0.29) is 18.1 Å². The first-order valence-electron chi connectivity index (χ1n) is 8.35. The number of nitrogens with zero attached hydrogens (tertiary/aromatic N) is 1. The Morgan fingerprint density at radius 3 is 2.82 bits per heavy atom. The Morgan fingerprint density at radius 1 is 1.41 bits per heavy atom. The van der Waals surface area contributed by atoms with E-state index >= 15 is 0 Å². The number of hydrogen-bond acceptors (Lipinski definition) is 3. The van der Waals surface area contributed by atoms with Gasteiger partial charge in [0.05, 0.1) is 17.2 Å². The van der Waals surface area contributed by atoms with Gasteiger partial charge in [0.2, 0.25) is 0 Å². The maximum atomic E-state index is 10.3. The third-order valence-electron chi connectivity index (χ3n) is 4.17. The van der Waals surface area contributed by atoms with Crippen molar-refractivity contribution in [3.8, 4) is 5.75 Å². The summed E-state index contributed by atoms with van der Waals surface area (Å²) >= 11 is 6.31. The van der Waals surface area contributed by atoms with Gasteiger partial charge in [-0.25, -0.2) is 0 Å². The second-order valence-electron chi connectivity index (χ2n) is 6.55. The van der Waals surface area contributed by atoms with Crippen molar-refractivity contribution in [2.75, 3.05) is 19.6 Å². The molecule has 22 heavy (non-hydrogen) atoms. The molecule has 1 N–H and O–H groups in total. The van der Waals surface area contributed by atoms with Gasteiger partial charge in [-0.1, -0.05) is 24.6 Å². The summed E-state index contributed by atoms with van der Waals surface area (Å²) in [6.45, 7) is 9.28. The summed E-state index contributed by atoms with van der Waals surface area (Å²) < 4.78 is 5.67. The average Bonchev–Trinajstić information content (AvgIpc) is 2.45. The monoisotopic (exact) mass is 325 g/mol. The maximum absolute atomic E-state index is 10.3. The van der Waals surface area contributed by atoms with E-state index in [1.165, 1.54) is 5.56 Å². The number of likely N-dealkylation sites (tertiary alicyclic amines) is 1. The zero-order valence-corrected chi connectivity index (χ0v) is 14.6. The van der Waals surface area contributed by atoms with E-state index in [4.69, 9.17) is 16.3 Å². The van der Waals surface area contributed by atoms with E-state index in [1.807, 2.05) is 26.0 Å². The Bertz CT molecular complexity index is 478. The Kier molecular flexibility index (Phi) is 6.54. The lowest BCUT2D eigenvalue weighted by molar-refractivity contribution is 0.0270. The molecule has 2 unspecified atom stereocenters. The number of halogens is 1. The highest BCUT2D eigenvalue weighted by Crippen LogP contribution is 2.29. The summed E-state index contributed by atoms with van der Waals surface area (Å²) in [5.74, 6) is 1.02. The topological polar surface area (TPSA) is 32.7 Å². The van der Waals surface area contributed by atoms with Gasteiger partial charge in [0.15, 0.2) is 0 Å². The van der Waals surface area contributed by atoms with Gasteiger partial charge in [-0.3, -0.25) is 0 Å². The van der Waals surface area contributed by atoms with Crippen LogP contribution in [0.1, 0.15) is 39.2 Å². The van der Waals surface area contributed by atoms with Crippen LogP contribution in [0.5, 0.6) is 5.75 Å². The fourth-order valence-electron chi connectivity index (χ4n) is 3.14. The molecule has 0 amide bonds. The van der Waals surface area contributed by atoms with Gasteiger partial charge in [0.25, 0.3) is 0 Å². The Balaban J connectivity index is 2.01. The van der Waals surface area contributed by atoms with Crippen LogP contribution in [-0.4, -0.2) is 41.8 Å². The predicted molar refractivity (Wildman–Crippen MR) is 91.8 cm³/mol. The first kappa shape index (κ1) is 17.6. The molecule has 1 aromatic rings. The van der Waals surface area contributed by atoms with Gasteiger partial charge in [-0.2, -0.15) is 0 Å².